The molecule has 0 radical (unpaired) electrons. The highest BCUT2D eigenvalue weighted by Crippen LogP contribution is 2.17. The first kappa shape index (κ1) is 12.0. The SMILES string of the molecule is CC(CC#N)NCc1ccc(F)cc1Cl. The van der Waals surface area contributed by atoms with Crippen LogP contribution in [-0.2, 0) is 6.54 Å². The number of nitriles is 1. The summed E-state index contributed by atoms with van der Waals surface area (Å²) in [5, 5.41) is 12.0. The van der Waals surface area contributed by atoms with Gasteiger partial charge in [0.05, 0.1) is 12.5 Å². The molecule has 0 heterocycles. The Morgan fingerprint density at radius 1 is 1.60 bits per heavy atom. The maximum atomic E-state index is 12.7. The van der Waals surface area contributed by atoms with Crippen molar-refractivity contribution in [3.63, 3.8) is 0 Å². The average Bonchev–Trinajstić information content (AvgIpc) is 2.17. The van der Waals surface area contributed by atoms with Gasteiger partial charge in [-0.1, -0.05) is 17.7 Å². The molecule has 1 aromatic rings. The van der Waals surface area contributed by atoms with E-state index in [2.05, 4.69) is 11.4 Å². The molecule has 0 bridgehead atoms. The molecule has 1 N–H and O–H groups in total. The van der Waals surface area contributed by atoms with E-state index in [1.54, 1.807) is 6.07 Å². The third-order valence-corrected chi connectivity index (χ3v) is 2.41. The molecule has 0 fully saturated rings. The Hall–Kier alpha value is -1.11. The molecule has 1 aromatic carbocycles. The summed E-state index contributed by atoms with van der Waals surface area (Å²) in [7, 11) is 0. The molecule has 0 aliphatic heterocycles. The number of rotatable bonds is 4. The molecular weight excluding hydrogens is 215 g/mol. The molecule has 0 saturated carbocycles. The monoisotopic (exact) mass is 226 g/mol. The Kier molecular flexibility index (Phi) is 4.54. The second-order valence-corrected chi connectivity index (χ2v) is 3.79. The lowest BCUT2D eigenvalue weighted by Gasteiger charge is -2.11. The fourth-order valence-corrected chi connectivity index (χ4v) is 1.39. The van der Waals surface area contributed by atoms with Crippen LogP contribution in [-0.4, -0.2) is 6.04 Å². The van der Waals surface area contributed by atoms with Crippen molar-refractivity contribution in [2.24, 2.45) is 0 Å². The van der Waals surface area contributed by atoms with E-state index in [-0.39, 0.29) is 11.9 Å². The van der Waals surface area contributed by atoms with Crippen molar-refractivity contribution < 1.29 is 4.39 Å². The molecule has 4 heteroatoms. The maximum Gasteiger partial charge on any atom is 0.124 e. The number of benzene rings is 1. The second kappa shape index (κ2) is 5.69. The lowest BCUT2D eigenvalue weighted by Crippen LogP contribution is -2.24. The molecule has 0 saturated heterocycles. The van der Waals surface area contributed by atoms with Crippen molar-refractivity contribution in [1.29, 1.82) is 5.26 Å². The first-order chi connectivity index (χ1) is 7.13. The highest BCUT2D eigenvalue weighted by molar-refractivity contribution is 6.31. The van der Waals surface area contributed by atoms with Gasteiger partial charge in [0.1, 0.15) is 5.82 Å². The Morgan fingerprint density at radius 2 is 2.33 bits per heavy atom. The van der Waals surface area contributed by atoms with E-state index in [1.807, 2.05) is 6.92 Å². The van der Waals surface area contributed by atoms with Crippen molar-refractivity contribution in [2.45, 2.75) is 25.9 Å². The number of halogens is 2. The van der Waals surface area contributed by atoms with Crippen molar-refractivity contribution in [1.82, 2.24) is 5.32 Å². The summed E-state index contributed by atoms with van der Waals surface area (Å²) in [5.74, 6) is -0.339. The predicted octanol–water partition coefficient (Wildman–Crippen LogP) is 2.87. The second-order valence-electron chi connectivity index (χ2n) is 3.38. The van der Waals surface area contributed by atoms with E-state index in [0.29, 0.717) is 18.0 Å². The molecule has 0 aliphatic carbocycles. The molecule has 1 atom stereocenters. The van der Waals surface area contributed by atoms with Crippen molar-refractivity contribution >= 4 is 11.6 Å². The van der Waals surface area contributed by atoms with E-state index >= 15 is 0 Å². The molecule has 80 valence electrons. The van der Waals surface area contributed by atoms with Gasteiger partial charge in [0.25, 0.3) is 0 Å². The molecule has 0 amide bonds. The number of nitrogens with zero attached hydrogens (tertiary/aromatic N) is 1. The highest BCUT2D eigenvalue weighted by Gasteiger charge is 2.04. The molecule has 15 heavy (non-hydrogen) atoms. The predicted molar refractivity (Wildman–Crippen MR) is 57.9 cm³/mol. The van der Waals surface area contributed by atoms with Crippen LogP contribution in [0.5, 0.6) is 0 Å². The third-order valence-electron chi connectivity index (χ3n) is 2.05. The lowest BCUT2D eigenvalue weighted by molar-refractivity contribution is 0.556. The molecule has 2 nitrogen and oxygen atoms in total. The molecule has 0 aliphatic rings. The molecular formula is C11H12ClFN2. The summed E-state index contributed by atoms with van der Waals surface area (Å²) < 4.78 is 12.7. The van der Waals surface area contributed by atoms with Gasteiger partial charge in [0.15, 0.2) is 0 Å². The van der Waals surface area contributed by atoms with Crippen LogP contribution >= 0.6 is 11.6 Å². The topological polar surface area (TPSA) is 35.8 Å². The van der Waals surface area contributed by atoms with Crippen molar-refractivity contribution in [2.75, 3.05) is 0 Å². The van der Waals surface area contributed by atoms with Crippen LogP contribution in [0, 0.1) is 17.1 Å². The van der Waals surface area contributed by atoms with Gasteiger partial charge in [-0.25, -0.2) is 4.39 Å². The van der Waals surface area contributed by atoms with Gasteiger partial charge in [-0.3, -0.25) is 0 Å². The fourth-order valence-electron chi connectivity index (χ4n) is 1.16. The van der Waals surface area contributed by atoms with Crippen molar-refractivity contribution in [3.8, 4) is 6.07 Å². The van der Waals surface area contributed by atoms with Crippen molar-refractivity contribution in [3.05, 3.63) is 34.6 Å². The van der Waals surface area contributed by atoms with Crippen LogP contribution in [0.4, 0.5) is 4.39 Å². The van der Waals surface area contributed by atoms with E-state index < -0.39 is 0 Å². The van der Waals surface area contributed by atoms with Crippen LogP contribution < -0.4 is 5.32 Å². The van der Waals surface area contributed by atoms with Gasteiger partial charge in [-0.2, -0.15) is 5.26 Å². The number of hydrogen-bond donors (Lipinski definition) is 1. The number of hydrogen-bond acceptors (Lipinski definition) is 2. The first-order valence-electron chi connectivity index (χ1n) is 4.67. The smallest absolute Gasteiger partial charge is 0.124 e. The van der Waals surface area contributed by atoms with Gasteiger partial charge in [-0.05, 0) is 24.6 Å². The highest BCUT2D eigenvalue weighted by atomic mass is 35.5. The van der Waals surface area contributed by atoms with E-state index in [1.165, 1.54) is 12.1 Å². The first-order valence-corrected chi connectivity index (χ1v) is 5.05. The maximum absolute atomic E-state index is 12.7. The zero-order valence-electron chi connectivity index (χ0n) is 8.43. The standard InChI is InChI=1S/C11H12ClFN2/c1-8(4-5-14)15-7-9-2-3-10(13)6-11(9)12/h2-3,6,8,15H,4,7H2,1H3. The fraction of sp³-hybridized carbons (Fsp3) is 0.364. The summed E-state index contributed by atoms with van der Waals surface area (Å²) in [4.78, 5) is 0. The quantitative estimate of drug-likeness (QED) is 0.857. The minimum Gasteiger partial charge on any atom is -0.309 e. The van der Waals surface area contributed by atoms with Crippen LogP contribution in [0.1, 0.15) is 18.9 Å². The summed E-state index contributed by atoms with van der Waals surface area (Å²) >= 11 is 5.85. The third kappa shape index (κ3) is 3.86. The molecule has 1 unspecified atom stereocenters. The van der Waals surface area contributed by atoms with Gasteiger partial charge in [0.2, 0.25) is 0 Å². The summed E-state index contributed by atoms with van der Waals surface area (Å²) in [6.07, 6.45) is 0.443. The largest absolute Gasteiger partial charge is 0.309 e. The Balaban J connectivity index is 2.55. The van der Waals surface area contributed by atoms with Gasteiger partial charge >= 0.3 is 0 Å². The van der Waals surface area contributed by atoms with E-state index in [9.17, 15) is 4.39 Å². The molecule has 0 aromatic heterocycles. The van der Waals surface area contributed by atoms with Gasteiger partial charge < -0.3 is 5.32 Å². The Morgan fingerprint density at radius 3 is 2.93 bits per heavy atom. The summed E-state index contributed by atoms with van der Waals surface area (Å²) in [5.41, 5.74) is 0.836. The van der Waals surface area contributed by atoms with Gasteiger partial charge in [0, 0.05) is 17.6 Å². The minimum atomic E-state index is -0.339. The van der Waals surface area contributed by atoms with Crippen LogP contribution in [0.2, 0.25) is 5.02 Å². The lowest BCUT2D eigenvalue weighted by atomic mass is 10.2. The summed E-state index contributed by atoms with van der Waals surface area (Å²) in [6, 6.07) is 6.48. The molecule has 0 spiro atoms. The number of nitrogens with one attached hydrogen (secondary N) is 1. The van der Waals surface area contributed by atoms with Crippen LogP contribution in [0.15, 0.2) is 18.2 Å². The van der Waals surface area contributed by atoms with Crippen LogP contribution in [0.25, 0.3) is 0 Å². The zero-order chi connectivity index (χ0) is 11.3. The zero-order valence-corrected chi connectivity index (χ0v) is 9.18. The molecule has 1 rings (SSSR count). The van der Waals surface area contributed by atoms with Gasteiger partial charge in [-0.15, -0.1) is 0 Å². The van der Waals surface area contributed by atoms with E-state index in [4.69, 9.17) is 16.9 Å². The normalized spacial score (nSPS) is 12.1. The minimum absolute atomic E-state index is 0.108. The Bertz CT molecular complexity index is 373. The van der Waals surface area contributed by atoms with E-state index in [0.717, 1.165) is 5.56 Å². The average molecular weight is 227 g/mol. The van der Waals surface area contributed by atoms with Crippen LogP contribution in [0.3, 0.4) is 0 Å². The summed E-state index contributed by atoms with van der Waals surface area (Å²) in [6.45, 7) is 2.46. The Labute approximate surface area is 93.7 Å².